The number of amides is 4. The lowest BCUT2D eigenvalue weighted by molar-refractivity contribution is -0.143. The Morgan fingerprint density at radius 2 is 1.56 bits per heavy atom. The van der Waals surface area contributed by atoms with Crippen LogP contribution < -0.4 is 27.4 Å². The Kier molecular flexibility index (Phi) is 11.7. The number of nitrogens with one attached hydrogen (secondary N) is 3. The number of benzene rings is 1. The van der Waals surface area contributed by atoms with E-state index in [0.29, 0.717) is 6.42 Å². The number of hydrogen-bond acceptors (Lipinski definition) is 6. The van der Waals surface area contributed by atoms with Gasteiger partial charge in [-0.2, -0.15) is 0 Å². The molecule has 0 spiro atoms. The first-order valence-electron chi connectivity index (χ1n) is 11.2. The molecular formula is C23H35N5O6. The van der Waals surface area contributed by atoms with Gasteiger partial charge in [0.05, 0.1) is 6.04 Å². The molecule has 0 heterocycles. The molecule has 0 saturated heterocycles. The van der Waals surface area contributed by atoms with Gasteiger partial charge in [-0.1, -0.05) is 50.6 Å². The lowest BCUT2D eigenvalue weighted by atomic mass is 9.99. The van der Waals surface area contributed by atoms with Crippen molar-refractivity contribution in [2.24, 2.45) is 17.4 Å². The molecule has 5 atom stereocenters. The smallest absolute Gasteiger partial charge is 0.326 e. The number of primary amides is 1. The van der Waals surface area contributed by atoms with Gasteiger partial charge in [0, 0.05) is 12.8 Å². The van der Waals surface area contributed by atoms with E-state index in [1.165, 1.54) is 6.92 Å². The van der Waals surface area contributed by atoms with Crippen LogP contribution >= 0.6 is 0 Å². The summed E-state index contributed by atoms with van der Waals surface area (Å²) in [5.41, 5.74) is 11.7. The molecule has 0 fully saturated rings. The standard InChI is InChI=1S/C23H35N5O6/c1-4-13(2)19(23(33)34)28-20(30)14(3)26-22(32)17(12-15-8-6-5-7-9-15)27-21(31)16(24)10-11-18(25)29/h5-9,13-14,16-17,19H,4,10-12,24H2,1-3H3,(H2,25,29)(H,26,32)(H,27,31)(H,28,30)(H,33,34). The van der Waals surface area contributed by atoms with Crippen LogP contribution in [0.3, 0.4) is 0 Å². The van der Waals surface area contributed by atoms with Crippen molar-refractivity contribution in [3.63, 3.8) is 0 Å². The van der Waals surface area contributed by atoms with Crippen LogP contribution in [-0.2, 0) is 30.4 Å². The van der Waals surface area contributed by atoms with Crippen molar-refractivity contribution in [3.05, 3.63) is 35.9 Å². The van der Waals surface area contributed by atoms with Gasteiger partial charge in [-0.3, -0.25) is 19.2 Å². The number of hydrogen-bond donors (Lipinski definition) is 6. The second-order valence-corrected chi connectivity index (χ2v) is 8.30. The van der Waals surface area contributed by atoms with E-state index in [1.807, 2.05) is 6.92 Å². The highest BCUT2D eigenvalue weighted by atomic mass is 16.4. The van der Waals surface area contributed by atoms with Crippen LogP contribution in [0, 0.1) is 5.92 Å². The number of rotatable bonds is 14. The first kappa shape index (κ1) is 28.6. The zero-order valence-corrected chi connectivity index (χ0v) is 19.7. The zero-order valence-electron chi connectivity index (χ0n) is 19.7. The van der Waals surface area contributed by atoms with Gasteiger partial charge in [0.2, 0.25) is 23.6 Å². The lowest BCUT2D eigenvalue weighted by Gasteiger charge is -2.25. The van der Waals surface area contributed by atoms with Crippen molar-refractivity contribution < 1.29 is 29.1 Å². The second kappa shape index (κ2) is 13.9. The van der Waals surface area contributed by atoms with Crippen LogP contribution in [0.5, 0.6) is 0 Å². The summed E-state index contributed by atoms with van der Waals surface area (Å²) in [5, 5.41) is 16.9. The van der Waals surface area contributed by atoms with Gasteiger partial charge in [-0.25, -0.2) is 4.79 Å². The van der Waals surface area contributed by atoms with Crippen LogP contribution in [0.4, 0.5) is 0 Å². The Morgan fingerprint density at radius 1 is 0.941 bits per heavy atom. The largest absolute Gasteiger partial charge is 0.480 e. The van der Waals surface area contributed by atoms with Crippen molar-refractivity contribution in [1.29, 1.82) is 0 Å². The minimum absolute atomic E-state index is 0.0197. The van der Waals surface area contributed by atoms with Gasteiger partial charge in [0.25, 0.3) is 0 Å². The Balaban J connectivity index is 2.91. The van der Waals surface area contributed by atoms with E-state index in [1.54, 1.807) is 37.3 Å². The van der Waals surface area contributed by atoms with Gasteiger partial charge in [0.15, 0.2) is 0 Å². The van der Waals surface area contributed by atoms with Crippen LogP contribution in [0.2, 0.25) is 0 Å². The van der Waals surface area contributed by atoms with E-state index in [4.69, 9.17) is 11.5 Å². The molecule has 0 saturated carbocycles. The van der Waals surface area contributed by atoms with Crippen molar-refractivity contribution in [1.82, 2.24) is 16.0 Å². The maximum absolute atomic E-state index is 13.0. The predicted molar refractivity (Wildman–Crippen MR) is 125 cm³/mol. The van der Waals surface area contributed by atoms with E-state index >= 15 is 0 Å². The van der Waals surface area contributed by atoms with Crippen molar-refractivity contribution in [2.75, 3.05) is 0 Å². The SMILES string of the molecule is CCC(C)C(NC(=O)C(C)NC(=O)C(Cc1ccccc1)NC(=O)C(N)CCC(N)=O)C(=O)O. The average molecular weight is 478 g/mol. The highest BCUT2D eigenvalue weighted by Gasteiger charge is 2.30. The van der Waals surface area contributed by atoms with E-state index in [0.717, 1.165) is 5.56 Å². The normalized spacial score (nSPS) is 15.2. The summed E-state index contributed by atoms with van der Waals surface area (Å²) < 4.78 is 0. The Labute approximate surface area is 199 Å². The topological polar surface area (TPSA) is 194 Å². The van der Waals surface area contributed by atoms with Crippen molar-refractivity contribution in [3.8, 4) is 0 Å². The number of carbonyl (C=O) groups excluding carboxylic acids is 4. The third kappa shape index (κ3) is 9.57. The number of carboxylic acid groups (broad SMARTS) is 1. The molecule has 1 rings (SSSR count). The summed E-state index contributed by atoms with van der Waals surface area (Å²) in [7, 11) is 0. The van der Waals surface area contributed by atoms with Crippen LogP contribution in [-0.4, -0.2) is 58.9 Å². The fourth-order valence-electron chi connectivity index (χ4n) is 3.11. The highest BCUT2D eigenvalue weighted by Crippen LogP contribution is 2.09. The lowest BCUT2D eigenvalue weighted by Crippen LogP contribution is -2.57. The van der Waals surface area contributed by atoms with Gasteiger partial charge in [0.1, 0.15) is 18.1 Å². The number of carboxylic acids is 1. The van der Waals surface area contributed by atoms with Gasteiger partial charge in [-0.05, 0) is 24.8 Å². The minimum Gasteiger partial charge on any atom is -0.480 e. The zero-order chi connectivity index (χ0) is 25.8. The monoisotopic (exact) mass is 477 g/mol. The molecule has 1 aromatic rings. The fraction of sp³-hybridized carbons (Fsp3) is 0.522. The molecule has 11 nitrogen and oxygen atoms in total. The molecule has 0 aliphatic heterocycles. The molecule has 0 aliphatic rings. The molecule has 0 radical (unpaired) electrons. The summed E-state index contributed by atoms with van der Waals surface area (Å²) in [5.74, 6) is -4.02. The van der Waals surface area contributed by atoms with Crippen LogP contribution in [0.1, 0.15) is 45.6 Å². The molecular weight excluding hydrogens is 442 g/mol. The second-order valence-electron chi connectivity index (χ2n) is 8.30. The van der Waals surface area contributed by atoms with Gasteiger partial charge >= 0.3 is 5.97 Å². The number of aliphatic carboxylic acids is 1. The molecule has 1 aromatic carbocycles. The Bertz CT molecular complexity index is 863. The van der Waals surface area contributed by atoms with E-state index < -0.39 is 53.8 Å². The molecule has 34 heavy (non-hydrogen) atoms. The molecule has 5 unspecified atom stereocenters. The molecule has 11 heteroatoms. The summed E-state index contributed by atoms with van der Waals surface area (Å²) in [6.07, 6.45) is 0.604. The maximum atomic E-state index is 13.0. The maximum Gasteiger partial charge on any atom is 0.326 e. The summed E-state index contributed by atoms with van der Waals surface area (Å²) in [4.78, 5) is 60.4. The van der Waals surface area contributed by atoms with E-state index in [-0.39, 0.29) is 25.2 Å². The quantitative estimate of drug-likeness (QED) is 0.206. The fourth-order valence-corrected chi connectivity index (χ4v) is 3.11. The summed E-state index contributed by atoms with van der Waals surface area (Å²) >= 11 is 0. The van der Waals surface area contributed by atoms with E-state index in [2.05, 4.69) is 16.0 Å². The molecule has 0 bridgehead atoms. The average Bonchev–Trinajstić information content (AvgIpc) is 2.79. The Hall–Kier alpha value is -3.47. The Morgan fingerprint density at radius 3 is 2.09 bits per heavy atom. The highest BCUT2D eigenvalue weighted by molar-refractivity contribution is 5.94. The van der Waals surface area contributed by atoms with Crippen molar-refractivity contribution >= 4 is 29.6 Å². The first-order valence-corrected chi connectivity index (χ1v) is 11.2. The van der Waals surface area contributed by atoms with Crippen LogP contribution in [0.25, 0.3) is 0 Å². The number of nitrogens with two attached hydrogens (primary N) is 2. The van der Waals surface area contributed by atoms with Gasteiger partial charge in [-0.15, -0.1) is 0 Å². The first-order chi connectivity index (χ1) is 16.0. The predicted octanol–water partition coefficient (Wildman–Crippen LogP) is -0.573. The van der Waals surface area contributed by atoms with Crippen molar-refractivity contribution in [2.45, 2.75) is 70.6 Å². The molecule has 4 amide bonds. The minimum atomic E-state index is -1.17. The van der Waals surface area contributed by atoms with E-state index in [9.17, 15) is 29.1 Å². The summed E-state index contributed by atoms with van der Waals surface area (Å²) in [6.45, 7) is 4.93. The molecule has 0 aromatic heterocycles. The van der Waals surface area contributed by atoms with Gasteiger partial charge < -0.3 is 32.5 Å². The molecule has 8 N–H and O–H groups in total. The third-order valence-corrected chi connectivity index (χ3v) is 5.48. The third-order valence-electron chi connectivity index (χ3n) is 5.48. The molecule has 0 aliphatic carbocycles. The number of carbonyl (C=O) groups is 5. The molecule has 188 valence electrons. The van der Waals surface area contributed by atoms with Crippen LogP contribution in [0.15, 0.2) is 30.3 Å². The summed E-state index contributed by atoms with van der Waals surface area (Å²) in [6, 6.07) is 4.65.